The Kier molecular flexibility index (Phi) is 5.11. The van der Waals surface area contributed by atoms with E-state index >= 15 is 0 Å². The highest BCUT2D eigenvalue weighted by Gasteiger charge is 2.01. The molecule has 2 N–H and O–H groups in total. The maximum atomic E-state index is 10.6. The first-order valence-electron chi connectivity index (χ1n) is 5.44. The smallest absolute Gasteiger partial charge is 0.335 e. The zero-order valence-corrected chi connectivity index (χ0v) is 10.5. The van der Waals surface area contributed by atoms with Crippen molar-refractivity contribution < 1.29 is 19.8 Å². The summed E-state index contributed by atoms with van der Waals surface area (Å²) in [6.07, 6.45) is 2.63. The molecule has 0 heterocycles. The van der Waals surface area contributed by atoms with Crippen LogP contribution in [0.3, 0.4) is 0 Å². The lowest BCUT2D eigenvalue weighted by Gasteiger charge is -1.95. The summed E-state index contributed by atoms with van der Waals surface area (Å²) in [6, 6.07) is 5.81. The van der Waals surface area contributed by atoms with E-state index in [0.29, 0.717) is 5.69 Å². The van der Waals surface area contributed by atoms with Crippen molar-refractivity contribution in [2.75, 3.05) is 0 Å². The fourth-order valence-electron chi connectivity index (χ4n) is 1.09. The van der Waals surface area contributed by atoms with Crippen LogP contribution in [-0.2, 0) is 4.79 Å². The summed E-state index contributed by atoms with van der Waals surface area (Å²) in [6.45, 7) is 6.89. The van der Waals surface area contributed by atoms with Gasteiger partial charge in [-0.15, -0.1) is 0 Å². The Hall–Kier alpha value is -3.02. The van der Waals surface area contributed by atoms with Crippen molar-refractivity contribution in [3.63, 3.8) is 0 Å². The number of benzene rings is 1. The number of carboxylic acids is 2. The molecule has 0 saturated carbocycles. The fraction of sp³-hybridized carbons (Fsp3) is 0. The first kappa shape index (κ1) is 15.0. The largest absolute Gasteiger partial charge is 0.478 e. The number of nitrogens with zero attached hydrogens (tertiary/aromatic N) is 2. The third-order valence-electron chi connectivity index (χ3n) is 2.16. The van der Waals surface area contributed by atoms with Gasteiger partial charge in [0.15, 0.2) is 0 Å². The molecule has 1 rings (SSSR count). The van der Waals surface area contributed by atoms with Crippen LogP contribution in [0, 0.1) is 0 Å². The van der Waals surface area contributed by atoms with Gasteiger partial charge in [0.1, 0.15) is 0 Å². The van der Waals surface area contributed by atoms with Crippen LogP contribution in [0.2, 0.25) is 0 Å². The second-order valence-electron chi connectivity index (χ2n) is 3.71. The van der Waals surface area contributed by atoms with Crippen LogP contribution < -0.4 is 0 Å². The topological polar surface area (TPSA) is 99.3 Å². The van der Waals surface area contributed by atoms with Gasteiger partial charge in [0.25, 0.3) is 0 Å². The van der Waals surface area contributed by atoms with Crippen LogP contribution >= 0.6 is 0 Å². The molecule has 0 saturated heterocycles. The highest BCUT2D eigenvalue weighted by atomic mass is 16.4. The lowest BCUT2D eigenvalue weighted by Crippen LogP contribution is -1.94. The first-order valence-corrected chi connectivity index (χ1v) is 5.44. The van der Waals surface area contributed by atoms with Gasteiger partial charge in [-0.25, -0.2) is 9.59 Å². The summed E-state index contributed by atoms with van der Waals surface area (Å²) < 4.78 is 0. The molecule has 102 valence electrons. The first-order chi connectivity index (χ1) is 9.40. The molecule has 20 heavy (non-hydrogen) atoms. The van der Waals surface area contributed by atoms with Gasteiger partial charge >= 0.3 is 11.9 Å². The third-order valence-corrected chi connectivity index (χ3v) is 2.16. The van der Waals surface area contributed by atoms with Crippen LogP contribution in [-0.4, -0.2) is 22.2 Å². The molecule has 6 nitrogen and oxygen atoms in total. The second kappa shape index (κ2) is 6.79. The molecule has 0 aliphatic rings. The van der Waals surface area contributed by atoms with E-state index in [2.05, 4.69) is 23.4 Å². The quantitative estimate of drug-likeness (QED) is 0.472. The van der Waals surface area contributed by atoms with Crippen molar-refractivity contribution in [1.29, 1.82) is 0 Å². The third kappa shape index (κ3) is 4.69. The molecule has 0 unspecified atom stereocenters. The SMILES string of the molecule is C=C(C=CC(=C)C(=O)O)N=Nc1ccc(C(=O)O)cc1. The Bertz CT molecular complexity index is 613. The normalized spacial score (nSPS) is 10.8. The molecule has 6 heteroatoms. The minimum Gasteiger partial charge on any atom is -0.478 e. The summed E-state index contributed by atoms with van der Waals surface area (Å²) in [5.41, 5.74) is 0.768. The molecule has 0 bridgehead atoms. The average molecular weight is 272 g/mol. The highest BCUT2D eigenvalue weighted by molar-refractivity contribution is 5.89. The van der Waals surface area contributed by atoms with Gasteiger partial charge in [-0.2, -0.15) is 10.2 Å². The van der Waals surface area contributed by atoms with Gasteiger partial charge in [0, 0.05) is 0 Å². The number of rotatable bonds is 6. The van der Waals surface area contributed by atoms with Crippen molar-refractivity contribution in [3.8, 4) is 0 Å². The number of carboxylic acid groups (broad SMARTS) is 2. The number of azo groups is 1. The molecule has 1 aromatic carbocycles. The number of aromatic carboxylic acids is 1. The number of allylic oxidation sites excluding steroid dienone is 1. The minimum atomic E-state index is -1.13. The molecular formula is C14H12N2O4. The van der Waals surface area contributed by atoms with E-state index in [-0.39, 0.29) is 16.8 Å². The van der Waals surface area contributed by atoms with E-state index in [1.54, 1.807) is 0 Å². The number of carbonyl (C=O) groups is 2. The average Bonchev–Trinajstić information content (AvgIpc) is 2.42. The Morgan fingerprint density at radius 3 is 2.15 bits per heavy atom. The second-order valence-corrected chi connectivity index (χ2v) is 3.71. The number of hydrogen-bond acceptors (Lipinski definition) is 4. The van der Waals surface area contributed by atoms with Crippen molar-refractivity contribution in [2.45, 2.75) is 0 Å². The van der Waals surface area contributed by atoms with Crippen molar-refractivity contribution in [3.05, 3.63) is 66.4 Å². The Morgan fingerprint density at radius 2 is 1.65 bits per heavy atom. The molecule has 1 aromatic rings. The van der Waals surface area contributed by atoms with E-state index in [1.807, 2.05) is 0 Å². The summed E-state index contributed by atoms with van der Waals surface area (Å²) in [4.78, 5) is 21.1. The predicted octanol–water partition coefficient (Wildman–Crippen LogP) is 3.18. The van der Waals surface area contributed by atoms with Gasteiger partial charge in [0.2, 0.25) is 0 Å². The van der Waals surface area contributed by atoms with Crippen LogP contribution in [0.15, 0.2) is 71.1 Å². The lowest BCUT2D eigenvalue weighted by molar-refractivity contribution is -0.132. The summed E-state index contributed by atoms with van der Waals surface area (Å²) in [5.74, 6) is -2.15. The van der Waals surface area contributed by atoms with Gasteiger partial charge in [0.05, 0.1) is 22.5 Å². The van der Waals surface area contributed by atoms with E-state index in [4.69, 9.17) is 10.2 Å². The summed E-state index contributed by atoms with van der Waals surface area (Å²) in [5, 5.41) is 24.9. The molecule has 0 aliphatic carbocycles. The van der Waals surface area contributed by atoms with Gasteiger partial charge in [-0.3, -0.25) is 0 Å². The van der Waals surface area contributed by atoms with Crippen LogP contribution in [0.25, 0.3) is 0 Å². The monoisotopic (exact) mass is 272 g/mol. The Morgan fingerprint density at radius 1 is 1.05 bits per heavy atom. The molecule has 0 spiro atoms. The molecular weight excluding hydrogens is 260 g/mol. The minimum absolute atomic E-state index is 0.0906. The zero-order valence-electron chi connectivity index (χ0n) is 10.5. The molecule has 0 amide bonds. The van der Waals surface area contributed by atoms with Gasteiger partial charge in [-0.05, 0) is 36.4 Å². The molecule has 0 aromatic heterocycles. The molecule has 0 aliphatic heterocycles. The predicted molar refractivity (Wildman–Crippen MR) is 73.0 cm³/mol. The summed E-state index contributed by atoms with van der Waals surface area (Å²) >= 11 is 0. The Labute approximate surface area is 115 Å². The van der Waals surface area contributed by atoms with Gasteiger partial charge in [-0.1, -0.05) is 13.2 Å². The van der Waals surface area contributed by atoms with Crippen LogP contribution in [0.5, 0.6) is 0 Å². The fourth-order valence-corrected chi connectivity index (χ4v) is 1.09. The van der Waals surface area contributed by atoms with E-state index in [1.165, 1.54) is 36.4 Å². The molecule has 0 radical (unpaired) electrons. The Balaban J connectivity index is 2.68. The van der Waals surface area contributed by atoms with E-state index in [0.717, 1.165) is 0 Å². The lowest BCUT2D eigenvalue weighted by atomic mass is 10.2. The molecule has 0 fully saturated rings. The van der Waals surface area contributed by atoms with Crippen LogP contribution in [0.1, 0.15) is 10.4 Å². The van der Waals surface area contributed by atoms with E-state index in [9.17, 15) is 9.59 Å². The number of aliphatic carboxylic acids is 1. The zero-order chi connectivity index (χ0) is 15.1. The number of hydrogen-bond donors (Lipinski definition) is 2. The highest BCUT2D eigenvalue weighted by Crippen LogP contribution is 2.15. The van der Waals surface area contributed by atoms with Gasteiger partial charge < -0.3 is 10.2 Å². The van der Waals surface area contributed by atoms with Crippen molar-refractivity contribution >= 4 is 17.6 Å². The molecule has 0 atom stereocenters. The maximum absolute atomic E-state index is 10.6. The van der Waals surface area contributed by atoms with Crippen LogP contribution in [0.4, 0.5) is 5.69 Å². The van der Waals surface area contributed by atoms with Crippen molar-refractivity contribution in [1.82, 2.24) is 0 Å². The van der Waals surface area contributed by atoms with Crippen molar-refractivity contribution in [2.24, 2.45) is 10.2 Å². The van der Waals surface area contributed by atoms with E-state index < -0.39 is 11.9 Å². The standard InChI is InChI=1S/C14H12N2O4/c1-9(13(17)18)3-4-10(2)15-16-12-7-5-11(6-8-12)14(19)20/h3-8H,1-2H2,(H,17,18)(H,19,20). The maximum Gasteiger partial charge on any atom is 0.335 e. The summed E-state index contributed by atoms with van der Waals surface area (Å²) in [7, 11) is 0.